The second kappa shape index (κ2) is 7.62. The minimum atomic E-state index is 0.274. The standard InChI is InChI=1S/C17H22N4O/c1-13-11-20-21(12-13)15(3)14(2)19-7-8-22-17-6-4-5-16(9-17)10-18/h4-6,9,11-12,14-15,19H,7-8H2,1-3H3/t14-,15+/m1/s1. The lowest BCUT2D eigenvalue weighted by molar-refractivity contribution is 0.289. The zero-order valence-corrected chi connectivity index (χ0v) is 13.3. The van der Waals surface area contributed by atoms with E-state index in [0.717, 1.165) is 12.3 Å². The summed E-state index contributed by atoms with van der Waals surface area (Å²) in [5, 5.41) is 16.6. The Bertz CT molecular complexity index is 644. The molecule has 0 amide bonds. The molecule has 2 aromatic rings. The normalized spacial score (nSPS) is 13.4. The molecule has 1 N–H and O–H groups in total. The van der Waals surface area contributed by atoms with Crippen LogP contribution in [0.4, 0.5) is 0 Å². The van der Waals surface area contributed by atoms with Gasteiger partial charge in [0.15, 0.2) is 0 Å². The van der Waals surface area contributed by atoms with Gasteiger partial charge in [-0.15, -0.1) is 0 Å². The highest BCUT2D eigenvalue weighted by Crippen LogP contribution is 2.13. The quantitative estimate of drug-likeness (QED) is 0.798. The smallest absolute Gasteiger partial charge is 0.120 e. The molecule has 1 aromatic heterocycles. The number of aryl methyl sites for hydroxylation is 1. The van der Waals surface area contributed by atoms with Crippen molar-refractivity contribution in [3.63, 3.8) is 0 Å². The van der Waals surface area contributed by atoms with Gasteiger partial charge in [-0.3, -0.25) is 4.68 Å². The van der Waals surface area contributed by atoms with E-state index in [1.807, 2.05) is 36.1 Å². The van der Waals surface area contributed by atoms with Crippen LogP contribution in [0.25, 0.3) is 0 Å². The van der Waals surface area contributed by atoms with Crippen LogP contribution in [0.15, 0.2) is 36.7 Å². The molecule has 2 atom stereocenters. The average Bonchev–Trinajstić information content (AvgIpc) is 2.97. The Morgan fingerprint density at radius 3 is 2.91 bits per heavy atom. The fraction of sp³-hybridized carbons (Fsp3) is 0.412. The highest BCUT2D eigenvalue weighted by molar-refractivity contribution is 5.36. The van der Waals surface area contributed by atoms with Crippen LogP contribution in [-0.2, 0) is 0 Å². The molecule has 0 saturated carbocycles. The van der Waals surface area contributed by atoms with E-state index < -0.39 is 0 Å². The van der Waals surface area contributed by atoms with Gasteiger partial charge in [-0.25, -0.2) is 0 Å². The van der Waals surface area contributed by atoms with Gasteiger partial charge in [0.2, 0.25) is 0 Å². The molecule has 1 aromatic carbocycles. The van der Waals surface area contributed by atoms with Crippen LogP contribution in [-0.4, -0.2) is 29.0 Å². The Labute approximate surface area is 131 Å². The summed E-state index contributed by atoms with van der Waals surface area (Å²) in [7, 11) is 0. The van der Waals surface area contributed by atoms with Crippen molar-refractivity contribution in [2.75, 3.05) is 13.2 Å². The van der Waals surface area contributed by atoms with Crippen LogP contribution in [0, 0.1) is 18.3 Å². The summed E-state index contributed by atoms with van der Waals surface area (Å²) < 4.78 is 7.63. The average molecular weight is 298 g/mol. The number of rotatable bonds is 7. The number of nitriles is 1. The third kappa shape index (κ3) is 4.34. The van der Waals surface area contributed by atoms with Gasteiger partial charge in [-0.1, -0.05) is 6.07 Å². The minimum Gasteiger partial charge on any atom is -0.492 e. The Balaban J connectivity index is 1.75. The first-order valence-corrected chi connectivity index (χ1v) is 7.47. The van der Waals surface area contributed by atoms with Crippen LogP contribution in [0.3, 0.4) is 0 Å². The van der Waals surface area contributed by atoms with E-state index >= 15 is 0 Å². The first-order chi connectivity index (χ1) is 10.6. The summed E-state index contributed by atoms with van der Waals surface area (Å²) >= 11 is 0. The maximum absolute atomic E-state index is 8.85. The van der Waals surface area contributed by atoms with Crippen LogP contribution < -0.4 is 10.1 Å². The highest BCUT2D eigenvalue weighted by Gasteiger charge is 2.13. The van der Waals surface area contributed by atoms with Crippen molar-refractivity contribution >= 4 is 0 Å². The second-order valence-corrected chi connectivity index (χ2v) is 5.47. The Morgan fingerprint density at radius 2 is 2.23 bits per heavy atom. The molecular weight excluding hydrogens is 276 g/mol. The molecule has 0 fully saturated rings. The van der Waals surface area contributed by atoms with Gasteiger partial charge in [0.25, 0.3) is 0 Å². The predicted molar refractivity (Wildman–Crippen MR) is 85.8 cm³/mol. The molecule has 0 saturated heterocycles. The molecule has 116 valence electrons. The summed E-state index contributed by atoms with van der Waals surface area (Å²) in [6.45, 7) is 7.61. The van der Waals surface area contributed by atoms with Crippen molar-refractivity contribution in [3.8, 4) is 11.8 Å². The number of aromatic nitrogens is 2. The predicted octanol–water partition coefficient (Wildman–Crippen LogP) is 2.68. The van der Waals surface area contributed by atoms with Crippen LogP contribution >= 0.6 is 0 Å². The maximum Gasteiger partial charge on any atom is 0.120 e. The fourth-order valence-electron chi connectivity index (χ4n) is 2.17. The van der Waals surface area contributed by atoms with E-state index in [1.165, 1.54) is 5.56 Å². The molecule has 0 radical (unpaired) electrons. The van der Waals surface area contributed by atoms with Crippen molar-refractivity contribution < 1.29 is 4.74 Å². The van der Waals surface area contributed by atoms with Crippen LogP contribution in [0.2, 0.25) is 0 Å². The van der Waals surface area contributed by atoms with Crippen LogP contribution in [0.1, 0.15) is 31.0 Å². The third-order valence-corrected chi connectivity index (χ3v) is 3.67. The maximum atomic E-state index is 8.85. The summed E-state index contributed by atoms with van der Waals surface area (Å²) in [6, 6.07) is 9.86. The summed E-state index contributed by atoms with van der Waals surface area (Å²) in [6.07, 6.45) is 3.92. The Hall–Kier alpha value is -2.32. The number of hydrogen-bond donors (Lipinski definition) is 1. The zero-order valence-electron chi connectivity index (χ0n) is 13.3. The lowest BCUT2D eigenvalue weighted by Gasteiger charge is -2.21. The van der Waals surface area contributed by atoms with E-state index in [1.54, 1.807) is 12.1 Å². The number of ether oxygens (including phenoxy) is 1. The highest BCUT2D eigenvalue weighted by atomic mass is 16.5. The molecule has 0 aliphatic carbocycles. The van der Waals surface area contributed by atoms with E-state index in [0.29, 0.717) is 12.2 Å². The SMILES string of the molecule is Cc1cnn([C@@H](C)[C@@H](C)NCCOc2cccc(C#N)c2)c1. The molecule has 22 heavy (non-hydrogen) atoms. The second-order valence-electron chi connectivity index (χ2n) is 5.47. The number of benzene rings is 1. The zero-order chi connectivity index (χ0) is 15.9. The molecule has 2 rings (SSSR count). The lowest BCUT2D eigenvalue weighted by Crippen LogP contribution is -2.36. The summed E-state index contributed by atoms with van der Waals surface area (Å²) in [5.74, 6) is 0.726. The van der Waals surface area contributed by atoms with E-state index in [9.17, 15) is 0 Å². The van der Waals surface area contributed by atoms with Crippen molar-refractivity contribution in [1.82, 2.24) is 15.1 Å². The van der Waals surface area contributed by atoms with Gasteiger partial charge in [-0.05, 0) is 44.5 Å². The number of nitrogens with zero attached hydrogens (tertiary/aromatic N) is 3. The first-order valence-electron chi connectivity index (χ1n) is 7.47. The topological polar surface area (TPSA) is 62.9 Å². The largest absolute Gasteiger partial charge is 0.492 e. The van der Waals surface area contributed by atoms with Crippen LogP contribution in [0.5, 0.6) is 5.75 Å². The molecule has 0 bridgehead atoms. The molecule has 0 spiro atoms. The van der Waals surface area contributed by atoms with Gasteiger partial charge in [0.05, 0.1) is 23.9 Å². The van der Waals surface area contributed by atoms with Crippen molar-refractivity contribution in [2.45, 2.75) is 32.9 Å². The van der Waals surface area contributed by atoms with E-state index in [-0.39, 0.29) is 12.1 Å². The van der Waals surface area contributed by atoms with Crippen molar-refractivity contribution in [3.05, 3.63) is 47.8 Å². The monoisotopic (exact) mass is 298 g/mol. The van der Waals surface area contributed by atoms with Gasteiger partial charge in [-0.2, -0.15) is 10.4 Å². The lowest BCUT2D eigenvalue weighted by atomic mass is 10.2. The van der Waals surface area contributed by atoms with Gasteiger partial charge >= 0.3 is 0 Å². The fourth-order valence-corrected chi connectivity index (χ4v) is 2.17. The summed E-state index contributed by atoms with van der Waals surface area (Å²) in [5.41, 5.74) is 1.78. The molecule has 0 aliphatic heterocycles. The van der Waals surface area contributed by atoms with Gasteiger partial charge < -0.3 is 10.1 Å². The van der Waals surface area contributed by atoms with E-state index in [4.69, 9.17) is 10.00 Å². The third-order valence-electron chi connectivity index (χ3n) is 3.67. The number of hydrogen-bond acceptors (Lipinski definition) is 4. The molecule has 1 heterocycles. The molecular formula is C17H22N4O. The number of nitrogens with one attached hydrogen (secondary N) is 1. The molecule has 5 nitrogen and oxygen atoms in total. The molecule has 0 unspecified atom stereocenters. The van der Waals surface area contributed by atoms with Gasteiger partial charge in [0, 0.05) is 18.8 Å². The van der Waals surface area contributed by atoms with Crippen molar-refractivity contribution in [1.29, 1.82) is 5.26 Å². The first kappa shape index (κ1) is 16.1. The minimum absolute atomic E-state index is 0.274. The Morgan fingerprint density at radius 1 is 1.41 bits per heavy atom. The van der Waals surface area contributed by atoms with Crippen molar-refractivity contribution in [2.24, 2.45) is 0 Å². The van der Waals surface area contributed by atoms with Gasteiger partial charge in [0.1, 0.15) is 12.4 Å². The van der Waals surface area contributed by atoms with E-state index in [2.05, 4.69) is 30.3 Å². The molecule has 5 heteroatoms. The Kier molecular flexibility index (Phi) is 5.56. The summed E-state index contributed by atoms with van der Waals surface area (Å²) in [4.78, 5) is 0. The molecule has 0 aliphatic rings.